The predicted octanol–water partition coefficient (Wildman–Crippen LogP) is 3.53. The van der Waals surface area contributed by atoms with Crippen LogP contribution in [-0.4, -0.2) is 20.2 Å². The summed E-state index contributed by atoms with van der Waals surface area (Å²) in [6.45, 7) is 7.56. The fraction of sp³-hybridized carbons (Fsp3) is 0.562. The van der Waals surface area contributed by atoms with E-state index in [1.165, 1.54) is 25.7 Å². The van der Waals surface area contributed by atoms with Gasteiger partial charge in [-0.15, -0.1) is 5.10 Å². The normalized spacial score (nSPS) is 11.8. The van der Waals surface area contributed by atoms with Crippen molar-refractivity contribution in [2.24, 2.45) is 5.41 Å². The lowest BCUT2D eigenvalue weighted by Crippen LogP contribution is -2.21. The summed E-state index contributed by atoms with van der Waals surface area (Å²) in [5.41, 5.74) is 7.80. The minimum Gasteiger partial charge on any atom is -0.398 e. The average molecular weight is 287 g/mol. The van der Waals surface area contributed by atoms with Gasteiger partial charge in [0, 0.05) is 11.3 Å². The largest absolute Gasteiger partial charge is 0.398 e. The zero-order valence-corrected chi connectivity index (χ0v) is 13.2. The second-order valence-electron chi connectivity index (χ2n) is 6.37. The molecule has 2 rings (SSSR count). The molecule has 0 aliphatic rings. The van der Waals surface area contributed by atoms with Gasteiger partial charge in [0.1, 0.15) is 0 Å². The van der Waals surface area contributed by atoms with Crippen LogP contribution >= 0.6 is 0 Å². The van der Waals surface area contributed by atoms with Gasteiger partial charge in [-0.3, -0.25) is 0 Å². The monoisotopic (exact) mass is 287 g/mol. The first kappa shape index (κ1) is 15.5. The van der Waals surface area contributed by atoms with Gasteiger partial charge in [-0.1, -0.05) is 52.2 Å². The summed E-state index contributed by atoms with van der Waals surface area (Å²) in [6, 6.07) is 7.71. The van der Waals surface area contributed by atoms with Gasteiger partial charge in [0.15, 0.2) is 5.82 Å². The molecule has 0 aliphatic heterocycles. The van der Waals surface area contributed by atoms with E-state index in [1.807, 2.05) is 28.9 Å². The number of aromatic nitrogens is 4. The second kappa shape index (κ2) is 6.70. The molecule has 1 heterocycles. The molecule has 2 N–H and O–H groups in total. The molecule has 0 saturated heterocycles. The summed E-state index contributed by atoms with van der Waals surface area (Å²) in [4.78, 5) is 0. The molecule has 0 aliphatic carbocycles. The Balaban J connectivity index is 2.16. The number of unbranched alkanes of at least 4 members (excludes halogenated alkanes) is 2. The number of nitrogen functional groups attached to an aromatic ring is 1. The molecular formula is C16H25N5. The maximum Gasteiger partial charge on any atom is 0.184 e. The van der Waals surface area contributed by atoms with Crippen molar-refractivity contribution in [1.82, 2.24) is 20.2 Å². The Morgan fingerprint density at radius 3 is 2.67 bits per heavy atom. The fourth-order valence-electron chi connectivity index (χ4n) is 2.54. The predicted molar refractivity (Wildman–Crippen MR) is 85.6 cm³/mol. The Kier molecular flexibility index (Phi) is 4.94. The zero-order chi connectivity index (χ0) is 15.3. The number of anilines is 1. The van der Waals surface area contributed by atoms with E-state index in [0.29, 0.717) is 5.69 Å². The number of benzene rings is 1. The lowest BCUT2D eigenvalue weighted by molar-refractivity contribution is 0.258. The second-order valence-corrected chi connectivity index (χ2v) is 6.37. The Labute approximate surface area is 126 Å². The molecule has 21 heavy (non-hydrogen) atoms. The molecule has 0 spiro atoms. The molecule has 5 heteroatoms. The number of tetrazole rings is 1. The molecule has 5 nitrogen and oxygen atoms in total. The van der Waals surface area contributed by atoms with Crippen molar-refractivity contribution in [2.45, 2.75) is 53.0 Å². The molecule has 1 aromatic heterocycles. The van der Waals surface area contributed by atoms with Crippen molar-refractivity contribution < 1.29 is 0 Å². The van der Waals surface area contributed by atoms with Gasteiger partial charge in [-0.05, 0) is 34.4 Å². The van der Waals surface area contributed by atoms with Crippen LogP contribution in [0.5, 0.6) is 0 Å². The number of nitrogens with zero attached hydrogens (tertiary/aromatic N) is 4. The van der Waals surface area contributed by atoms with Crippen molar-refractivity contribution in [3.8, 4) is 11.4 Å². The average Bonchev–Trinajstić information content (AvgIpc) is 2.86. The van der Waals surface area contributed by atoms with Crippen LogP contribution in [0.4, 0.5) is 5.69 Å². The standard InChI is InChI=1S/C16H25N5/c1-4-5-8-11-16(2,3)12-21-15(18-19-20-21)13-9-6-7-10-14(13)17/h6-7,9-10H,4-5,8,11-12,17H2,1-3H3. The Hall–Kier alpha value is -1.91. The van der Waals surface area contributed by atoms with E-state index in [4.69, 9.17) is 5.73 Å². The molecule has 114 valence electrons. The maximum atomic E-state index is 6.03. The highest BCUT2D eigenvalue weighted by Gasteiger charge is 2.22. The van der Waals surface area contributed by atoms with Crippen LogP contribution in [0.2, 0.25) is 0 Å². The molecule has 1 aromatic carbocycles. The SMILES string of the molecule is CCCCCC(C)(C)Cn1nnnc1-c1ccccc1N. The number of hydrogen-bond donors (Lipinski definition) is 1. The van der Waals surface area contributed by atoms with E-state index in [2.05, 4.69) is 36.3 Å². The van der Waals surface area contributed by atoms with Crippen LogP contribution in [0, 0.1) is 5.41 Å². The lowest BCUT2D eigenvalue weighted by atomic mass is 9.87. The minimum absolute atomic E-state index is 0.169. The van der Waals surface area contributed by atoms with Gasteiger partial charge in [0.2, 0.25) is 0 Å². The maximum absolute atomic E-state index is 6.03. The van der Waals surface area contributed by atoms with Crippen LogP contribution < -0.4 is 5.73 Å². The number of hydrogen-bond acceptors (Lipinski definition) is 4. The Morgan fingerprint density at radius 1 is 1.19 bits per heavy atom. The first-order valence-electron chi connectivity index (χ1n) is 7.64. The topological polar surface area (TPSA) is 69.6 Å². The van der Waals surface area contributed by atoms with Crippen LogP contribution in [0.25, 0.3) is 11.4 Å². The molecular weight excluding hydrogens is 262 g/mol. The summed E-state index contributed by atoms with van der Waals surface area (Å²) >= 11 is 0. The summed E-state index contributed by atoms with van der Waals surface area (Å²) < 4.78 is 1.87. The Bertz CT molecular complexity index is 574. The van der Waals surface area contributed by atoms with Crippen molar-refractivity contribution >= 4 is 5.69 Å². The fourth-order valence-corrected chi connectivity index (χ4v) is 2.54. The molecule has 0 amide bonds. The number of nitrogens with two attached hydrogens (primary N) is 1. The highest BCUT2D eigenvalue weighted by Crippen LogP contribution is 2.29. The van der Waals surface area contributed by atoms with E-state index in [9.17, 15) is 0 Å². The van der Waals surface area contributed by atoms with Crippen LogP contribution in [-0.2, 0) is 6.54 Å². The van der Waals surface area contributed by atoms with Crippen molar-refractivity contribution in [1.29, 1.82) is 0 Å². The van der Waals surface area contributed by atoms with Gasteiger partial charge in [0.25, 0.3) is 0 Å². The highest BCUT2D eigenvalue weighted by atomic mass is 15.5. The zero-order valence-electron chi connectivity index (χ0n) is 13.2. The van der Waals surface area contributed by atoms with E-state index in [1.54, 1.807) is 0 Å². The van der Waals surface area contributed by atoms with Gasteiger partial charge in [-0.2, -0.15) is 0 Å². The van der Waals surface area contributed by atoms with Crippen molar-refractivity contribution in [3.05, 3.63) is 24.3 Å². The first-order valence-corrected chi connectivity index (χ1v) is 7.64. The molecule has 0 fully saturated rings. The van der Waals surface area contributed by atoms with Gasteiger partial charge in [0.05, 0.1) is 6.54 Å². The van der Waals surface area contributed by atoms with Crippen molar-refractivity contribution in [2.75, 3.05) is 5.73 Å². The lowest BCUT2D eigenvalue weighted by Gasteiger charge is -2.24. The molecule has 2 aromatic rings. The summed E-state index contributed by atoms with van der Waals surface area (Å²) in [5, 5.41) is 12.1. The number of rotatable bonds is 7. The van der Waals surface area contributed by atoms with Crippen LogP contribution in [0.3, 0.4) is 0 Å². The number of para-hydroxylation sites is 1. The summed E-state index contributed by atoms with van der Waals surface area (Å²) in [6.07, 6.45) is 4.93. The third-order valence-corrected chi connectivity index (χ3v) is 3.77. The highest BCUT2D eigenvalue weighted by molar-refractivity contribution is 5.70. The van der Waals surface area contributed by atoms with Gasteiger partial charge in [-0.25, -0.2) is 4.68 Å². The molecule has 0 atom stereocenters. The Morgan fingerprint density at radius 2 is 1.95 bits per heavy atom. The van der Waals surface area contributed by atoms with Gasteiger partial charge >= 0.3 is 0 Å². The minimum atomic E-state index is 0.169. The van der Waals surface area contributed by atoms with E-state index >= 15 is 0 Å². The summed E-state index contributed by atoms with van der Waals surface area (Å²) in [5.74, 6) is 0.747. The quantitative estimate of drug-likeness (QED) is 0.624. The van der Waals surface area contributed by atoms with E-state index < -0.39 is 0 Å². The van der Waals surface area contributed by atoms with Crippen molar-refractivity contribution in [3.63, 3.8) is 0 Å². The van der Waals surface area contributed by atoms with E-state index in [0.717, 1.165) is 17.9 Å². The summed E-state index contributed by atoms with van der Waals surface area (Å²) in [7, 11) is 0. The van der Waals surface area contributed by atoms with Crippen LogP contribution in [0.15, 0.2) is 24.3 Å². The first-order chi connectivity index (χ1) is 10.0. The molecule has 0 unspecified atom stereocenters. The van der Waals surface area contributed by atoms with Gasteiger partial charge < -0.3 is 5.73 Å². The smallest absolute Gasteiger partial charge is 0.184 e. The molecule has 0 bridgehead atoms. The third-order valence-electron chi connectivity index (χ3n) is 3.77. The molecule has 0 radical (unpaired) electrons. The van der Waals surface area contributed by atoms with E-state index in [-0.39, 0.29) is 5.41 Å². The van der Waals surface area contributed by atoms with Crippen LogP contribution in [0.1, 0.15) is 46.5 Å². The third kappa shape index (κ3) is 4.03. The molecule has 0 saturated carbocycles.